The molecule has 0 atom stereocenters. The van der Waals surface area contributed by atoms with E-state index in [0.29, 0.717) is 12.1 Å². The molecule has 6 heteroatoms. The molecule has 2 heterocycles. The Bertz CT molecular complexity index is 1290. The molecule has 4 aromatic rings. The molecule has 0 saturated heterocycles. The largest absolute Gasteiger partial charge is 0.497 e. The van der Waals surface area contributed by atoms with Crippen LogP contribution in [0, 0.1) is 18.8 Å². The third-order valence-electron chi connectivity index (χ3n) is 4.83. The van der Waals surface area contributed by atoms with Gasteiger partial charge in [-0.15, -0.1) is 0 Å². The van der Waals surface area contributed by atoms with Gasteiger partial charge < -0.3 is 10.5 Å². The van der Waals surface area contributed by atoms with E-state index in [1.54, 1.807) is 31.6 Å². The van der Waals surface area contributed by atoms with Gasteiger partial charge in [0.05, 0.1) is 19.9 Å². The van der Waals surface area contributed by atoms with E-state index >= 15 is 0 Å². The second-order valence-corrected chi connectivity index (χ2v) is 6.93. The van der Waals surface area contributed by atoms with Crippen molar-refractivity contribution in [3.63, 3.8) is 0 Å². The molecule has 1 amide bonds. The fraction of sp³-hybridized carbons (Fsp3) is 0.125. The molecule has 0 bridgehead atoms. The van der Waals surface area contributed by atoms with Gasteiger partial charge in [-0.1, -0.05) is 30.0 Å². The summed E-state index contributed by atoms with van der Waals surface area (Å²) >= 11 is 0. The molecule has 2 aromatic carbocycles. The smallest absolute Gasteiger partial charge is 0.248 e. The number of nitrogens with two attached hydrogens (primary N) is 1. The van der Waals surface area contributed by atoms with Gasteiger partial charge in [0.15, 0.2) is 5.65 Å². The van der Waals surface area contributed by atoms with Crippen LogP contribution in [0.25, 0.3) is 11.0 Å². The van der Waals surface area contributed by atoms with E-state index in [0.717, 1.165) is 39.0 Å². The number of methoxy groups -OCH3 is 1. The fourth-order valence-corrected chi connectivity index (χ4v) is 3.11. The molecule has 30 heavy (non-hydrogen) atoms. The molecule has 2 N–H and O–H groups in total. The van der Waals surface area contributed by atoms with Crippen LogP contribution in [-0.4, -0.2) is 27.8 Å². The number of primary amides is 1. The number of benzene rings is 2. The van der Waals surface area contributed by atoms with Crippen LogP contribution < -0.4 is 10.5 Å². The van der Waals surface area contributed by atoms with Crippen molar-refractivity contribution in [2.75, 3.05) is 7.11 Å². The normalized spacial score (nSPS) is 10.5. The number of aromatic nitrogens is 3. The first-order valence-corrected chi connectivity index (χ1v) is 9.40. The second kappa shape index (κ2) is 8.10. The van der Waals surface area contributed by atoms with Crippen molar-refractivity contribution in [2.45, 2.75) is 13.5 Å². The lowest BCUT2D eigenvalue weighted by molar-refractivity contribution is 0.1000. The van der Waals surface area contributed by atoms with Crippen LogP contribution in [0.2, 0.25) is 0 Å². The number of nitrogens with zero attached hydrogens (tertiary/aromatic N) is 3. The third-order valence-corrected chi connectivity index (χ3v) is 4.83. The van der Waals surface area contributed by atoms with Crippen LogP contribution in [-0.2, 0) is 6.54 Å². The highest BCUT2D eigenvalue weighted by atomic mass is 16.5. The Morgan fingerprint density at radius 2 is 1.90 bits per heavy atom. The number of carbonyl (C=O) groups excluding carboxylic acids is 1. The number of ether oxygens (including phenoxy) is 1. The van der Waals surface area contributed by atoms with E-state index in [1.807, 2.05) is 48.0 Å². The summed E-state index contributed by atoms with van der Waals surface area (Å²) in [6, 6.07) is 15.1. The Morgan fingerprint density at radius 1 is 1.10 bits per heavy atom. The molecule has 0 fully saturated rings. The highest BCUT2D eigenvalue weighted by Gasteiger charge is 2.06. The fourth-order valence-electron chi connectivity index (χ4n) is 3.11. The van der Waals surface area contributed by atoms with Crippen LogP contribution in [0.3, 0.4) is 0 Å². The highest BCUT2D eigenvalue weighted by Crippen LogP contribution is 2.17. The number of pyridine rings is 1. The lowest BCUT2D eigenvalue weighted by atomic mass is 10.0. The van der Waals surface area contributed by atoms with Crippen molar-refractivity contribution >= 4 is 16.9 Å². The third kappa shape index (κ3) is 4.01. The van der Waals surface area contributed by atoms with Crippen molar-refractivity contribution < 1.29 is 9.53 Å². The Balaban J connectivity index is 1.59. The molecule has 4 rings (SSSR count). The topological polar surface area (TPSA) is 83.0 Å². The lowest BCUT2D eigenvalue weighted by Gasteiger charge is -2.05. The number of amides is 1. The number of aryl methyl sites for hydroxylation is 1. The molecule has 0 saturated carbocycles. The Kier molecular flexibility index (Phi) is 5.19. The molecule has 0 aliphatic heterocycles. The summed E-state index contributed by atoms with van der Waals surface area (Å²) in [4.78, 5) is 15.9. The van der Waals surface area contributed by atoms with E-state index < -0.39 is 5.91 Å². The standard InChI is InChI=1S/C24H20N4O2/c1-16-3-7-20(23(25)29)12-19(16)8-4-18-11-21-14-27-28(24(21)26-13-18)15-17-5-9-22(30-2)10-6-17/h3,5-7,9-14H,15H2,1-2H3,(H2,25,29). The summed E-state index contributed by atoms with van der Waals surface area (Å²) in [6.07, 6.45) is 3.52. The molecule has 0 aliphatic carbocycles. The zero-order valence-corrected chi connectivity index (χ0v) is 16.7. The van der Waals surface area contributed by atoms with Gasteiger partial charge in [-0.3, -0.25) is 4.79 Å². The number of carbonyl (C=O) groups is 1. The number of hydrogen-bond donors (Lipinski definition) is 1. The van der Waals surface area contributed by atoms with Crippen LogP contribution >= 0.6 is 0 Å². The highest BCUT2D eigenvalue weighted by molar-refractivity contribution is 5.93. The summed E-state index contributed by atoms with van der Waals surface area (Å²) in [6.45, 7) is 2.56. The zero-order chi connectivity index (χ0) is 21.1. The molecule has 0 spiro atoms. The van der Waals surface area contributed by atoms with Gasteiger partial charge in [-0.2, -0.15) is 5.10 Å². The van der Waals surface area contributed by atoms with Crippen LogP contribution in [0.4, 0.5) is 0 Å². The maximum atomic E-state index is 11.4. The number of rotatable bonds is 4. The second-order valence-electron chi connectivity index (χ2n) is 6.93. The first-order valence-electron chi connectivity index (χ1n) is 9.40. The predicted octanol–water partition coefficient (Wildman–Crippen LogP) is 3.30. The monoisotopic (exact) mass is 396 g/mol. The van der Waals surface area contributed by atoms with Crippen molar-refractivity contribution in [1.29, 1.82) is 0 Å². The number of hydrogen-bond acceptors (Lipinski definition) is 4. The molecule has 6 nitrogen and oxygen atoms in total. The van der Waals surface area contributed by atoms with E-state index in [9.17, 15) is 4.79 Å². The van der Waals surface area contributed by atoms with Gasteiger partial charge in [-0.05, 0) is 48.4 Å². The van der Waals surface area contributed by atoms with Gasteiger partial charge in [-0.25, -0.2) is 9.67 Å². The average molecular weight is 396 g/mol. The summed E-state index contributed by atoms with van der Waals surface area (Å²) in [7, 11) is 1.65. The Hall–Kier alpha value is -4.11. The molecule has 2 aromatic heterocycles. The van der Waals surface area contributed by atoms with Crippen molar-refractivity contribution in [1.82, 2.24) is 14.8 Å². The molecule has 0 aliphatic rings. The minimum atomic E-state index is -0.467. The van der Waals surface area contributed by atoms with Crippen LogP contribution in [0.1, 0.15) is 32.6 Å². The van der Waals surface area contributed by atoms with E-state index in [1.165, 1.54) is 0 Å². The zero-order valence-electron chi connectivity index (χ0n) is 16.7. The lowest BCUT2D eigenvalue weighted by Crippen LogP contribution is -2.11. The van der Waals surface area contributed by atoms with E-state index in [-0.39, 0.29) is 0 Å². The summed E-state index contributed by atoms with van der Waals surface area (Å²) in [5, 5.41) is 5.38. The quantitative estimate of drug-likeness (QED) is 0.537. The minimum Gasteiger partial charge on any atom is -0.497 e. The molecular weight excluding hydrogens is 376 g/mol. The van der Waals surface area contributed by atoms with Gasteiger partial charge in [0, 0.05) is 28.3 Å². The summed E-state index contributed by atoms with van der Waals surface area (Å²) < 4.78 is 7.05. The number of fused-ring (bicyclic) bond motifs is 1. The van der Waals surface area contributed by atoms with Crippen molar-refractivity contribution in [3.05, 3.63) is 88.7 Å². The summed E-state index contributed by atoms with van der Waals surface area (Å²) in [5.41, 5.74) is 10.2. The van der Waals surface area contributed by atoms with Crippen LogP contribution in [0.15, 0.2) is 60.9 Å². The van der Waals surface area contributed by atoms with Gasteiger partial charge in [0.1, 0.15) is 5.75 Å². The first-order chi connectivity index (χ1) is 14.5. The van der Waals surface area contributed by atoms with E-state index in [2.05, 4.69) is 21.9 Å². The SMILES string of the molecule is COc1ccc(Cn2ncc3cc(C#Cc4cc(C(N)=O)ccc4C)cnc32)cc1. The average Bonchev–Trinajstić information content (AvgIpc) is 3.15. The minimum absolute atomic E-state index is 0.443. The molecular formula is C24H20N4O2. The molecule has 0 radical (unpaired) electrons. The Labute approximate surface area is 174 Å². The van der Waals surface area contributed by atoms with E-state index in [4.69, 9.17) is 10.5 Å². The van der Waals surface area contributed by atoms with Crippen LogP contribution in [0.5, 0.6) is 5.75 Å². The first kappa shape index (κ1) is 19.2. The molecule has 148 valence electrons. The van der Waals surface area contributed by atoms with Crippen molar-refractivity contribution in [3.8, 4) is 17.6 Å². The predicted molar refractivity (Wildman–Crippen MR) is 115 cm³/mol. The maximum Gasteiger partial charge on any atom is 0.248 e. The molecule has 0 unspecified atom stereocenters. The van der Waals surface area contributed by atoms with Gasteiger partial charge in [0.25, 0.3) is 0 Å². The van der Waals surface area contributed by atoms with Crippen molar-refractivity contribution in [2.24, 2.45) is 5.73 Å². The maximum absolute atomic E-state index is 11.4. The Morgan fingerprint density at radius 3 is 2.63 bits per heavy atom. The summed E-state index contributed by atoms with van der Waals surface area (Å²) in [5.74, 6) is 6.58. The van der Waals surface area contributed by atoms with Gasteiger partial charge in [0.2, 0.25) is 5.91 Å². The van der Waals surface area contributed by atoms with Gasteiger partial charge >= 0.3 is 0 Å².